The van der Waals surface area contributed by atoms with Gasteiger partial charge >= 0.3 is 17.9 Å². The lowest BCUT2D eigenvalue weighted by Crippen LogP contribution is -2.30. The number of hydrogen-bond donors (Lipinski definition) is 0. The van der Waals surface area contributed by atoms with Crippen molar-refractivity contribution < 1.29 is 28.6 Å². The van der Waals surface area contributed by atoms with Gasteiger partial charge in [0.05, 0.1) is 0 Å². The standard InChI is InChI=1S/C65H114O6/c1-4-7-10-13-16-19-22-25-28-30-32-34-37-40-43-46-49-52-55-58-64(67)70-61-62(60-69-63(66)57-54-51-48-45-42-39-36-27-24-21-18-15-12-9-6-3)71-65(68)59-56-53-50-47-44-41-38-35-33-31-29-26-23-20-17-14-11-8-5-2/h16-17,19-20,25-26,28-29,32,34,40,43,62H,4-15,18,21-24,27,30-31,33,35-39,41-42,44-61H2,1-3H3/b19-16-,20-17-,28-25-,29-26-,34-32-,43-40-/t62-/m0/s1. The first-order valence-corrected chi connectivity index (χ1v) is 30.4. The van der Waals surface area contributed by atoms with Crippen molar-refractivity contribution >= 4 is 17.9 Å². The van der Waals surface area contributed by atoms with Crippen molar-refractivity contribution in [3.63, 3.8) is 0 Å². The Morgan fingerprint density at radius 2 is 0.507 bits per heavy atom. The fourth-order valence-electron chi connectivity index (χ4n) is 8.57. The molecule has 0 aliphatic carbocycles. The van der Waals surface area contributed by atoms with Gasteiger partial charge in [-0.15, -0.1) is 0 Å². The number of carbonyl (C=O) groups excluding carboxylic acids is 3. The van der Waals surface area contributed by atoms with Crippen molar-refractivity contribution in [3.05, 3.63) is 72.9 Å². The van der Waals surface area contributed by atoms with Gasteiger partial charge in [0.15, 0.2) is 6.10 Å². The van der Waals surface area contributed by atoms with E-state index < -0.39 is 6.10 Å². The van der Waals surface area contributed by atoms with Crippen LogP contribution in [-0.2, 0) is 28.6 Å². The molecule has 410 valence electrons. The Morgan fingerprint density at radius 1 is 0.282 bits per heavy atom. The van der Waals surface area contributed by atoms with Crippen molar-refractivity contribution in [2.45, 2.75) is 309 Å². The number of ether oxygens (including phenoxy) is 3. The zero-order chi connectivity index (χ0) is 51.4. The quantitative estimate of drug-likeness (QED) is 0.0261. The van der Waals surface area contributed by atoms with E-state index in [1.165, 1.54) is 173 Å². The molecule has 0 fully saturated rings. The molecule has 0 aliphatic rings. The fourth-order valence-corrected chi connectivity index (χ4v) is 8.57. The average Bonchev–Trinajstić information content (AvgIpc) is 3.37. The largest absolute Gasteiger partial charge is 0.462 e. The van der Waals surface area contributed by atoms with Crippen molar-refractivity contribution in [2.24, 2.45) is 0 Å². The lowest BCUT2D eigenvalue weighted by atomic mass is 10.0. The van der Waals surface area contributed by atoms with Crippen LogP contribution < -0.4 is 0 Å². The van der Waals surface area contributed by atoms with Crippen LogP contribution in [0.15, 0.2) is 72.9 Å². The highest BCUT2D eigenvalue weighted by atomic mass is 16.6. The van der Waals surface area contributed by atoms with Gasteiger partial charge in [-0.1, -0.05) is 261 Å². The van der Waals surface area contributed by atoms with E-state index in [0.29, 0.717) is 19.3 Å². The van der Waals surface area contributed by atoms with Crippen LogP contribution in [0, 0.1) is 0 Å². The molecule has 1 atom stereocenters. The van der Waals surface area contributed by atoms with Crippen LogP contribution >= 0.6 is 0 Å². The molecular formula is C65H114O6. The lowest BCUT2D eigenvalue weighted by Gasteiger charge is -2.18. The van der Waals surface area contributed by atoms with Crippen molar-refractivity contribution in [1.82, 2.24) is 0 Å². The predicted molar refractivity (Wildman–Crippen MR) is 307 cm³/mol. The minimum atomic E-state index is -0.790. The van der Waals surface area contributed by atoms with Gasteiger partial charge < -0.3 is 14.2 Å². The first-order valence-electron chi connectivity index (χ1n) is 30.4. The Morgan fingerprint density at radius 3 is 0.831 bits per heavy atom. The van der Waals surface area contributed by atoms with Crippen LogP contribution in [0.25, 0.3) is 0 Å². The van der Waals surface area contributed by atoms with Crippen LogP contribution in [0.5, 0.6) is 0 Å². The molecule has 0 saturated carbocycles. The highest BCUT2D eigenvalue weighted by Gasteiger charge is 2.19. The summed E-state index contributed by atoms with van der Waals surface area (Å²) < 4.78 is 16.9. The number of rotatable bonds is 55. The molecule has 71 heavy (non-hydrogen) atoms. The second-order valence-electron chi connectivity index (χ2n) is 20.3. The Balaban J connectivity index is 4.43. The normalized spacial score (nSPS) is 12.5. The van der Waals surface area contributed by atoms with E-state index in [2.05, 4.69) is 93.7 Å². The summed E-state index contributed by atoms with van der Waals surface area (Å²) in [5.74, 6) is -0.908. The third kappa shape index (κ3) is 57.6. The molecule has 0 aromatic heterocycles. The first-order chi connectivity index (χ1) is 35.0. The molecule has 0 unspecified atom stereocenters. The topological polar surface area (TPSA) is 78.9 Å². The fraction of sp³-hybridized carbons (Fsp3) is 0.769. The summed E-state index contributed by atoms with van der Waals surface area (Å²) in [6.45, 7) is 6.59. The summed E-state index contributed by atoms with van der Waals surface area (Å²) in [6, 6.07) is 0. The molecule has 6 heteroatoms. The Kier molecular flexibility index (Phi) is 56.8. The van der Waals surface area contributed by atoms with E-state index in [1.807, 2.05) is 0 Å². The van der Waals surface area contributed by atoms with Crippen molar-refractivity contribution in [1.29, 1.82) is 0 Å². The maximum absolute atomic E-state index is 12.9. The maximum atomic E-state index is 12.9. The Hall–Kier alpha value is -3.15. The molecule has 6 nitrogen and oxygen atoms in total. The van der Waals surface area contributed by atoms with Gasteiger partial charge in [-0.3, -0.25) is 14.4 Å². The maximum Gasteiger partial charge on any atom is 0.306 e. The molecule has 0 amide bonds. The van der Waals surface area contributed by atoms with E-state index in [1.54, 1.807) is 0 Å². The van der Waals surface area contributed by atoms with Gasteiger partial charge in [-0.05, 0) is 96.3 Å². The van der Waals surface area contributed by atoms with E-state index in [4.69, 9.17) is 14.2 Å². The lowest BCUT2D eigenvalue weighted by molar-refractivity contribution is -0.167. The van der Waals surface area contributed by atoms with Crippen LogP contribution in [0.1, 0.15) is 303 Å². The highest BCUT2D eigenvalue weighted by molar-refractivity contribution is 5.71. The van der Waals surface area contributed by atoms with Gasteiger partial charge in [0.1, 0.15) is 13.2 Å². The predicted octanol–water partition coefficient (Wildman–Crippen LogP) is 20.5. The molecule has 0 radical (unpaired) electrons. The van der Waals surface area contributed by atoms with Gasteiger partial charge in [-0.25, -0.2) is 0 Å². The summed E-state index contributed by atoms with van der Waals surface area (Å²) in [5, 5.41) is 0. The minimum absolute atomic E-state index is 0.0848. The van der Waals surface area contributed by atoms with Gasteiger partial charge in [0.25, 0.3) is 0 Å². The molecule has 0 aromatic rings. The average molecular weight is 992 g/mol. The van der Waals surface area contributed by atoms with Gasteiger partial charge in [0.2, 0.25) is 0 Å². The number of unbranched alkanes of at least 4 members (excludes halogenated alkanes) is 32. The summed E-state index contributed by atoms with van der Waals surface area (Å²) >= 11 is 0. The third-order valence-corrected chi connectivity index (χ3v) is 13.2. The summed E-state index contributed by atoms with van der Waals surface area (Å²) in [4.78, 5) is 38.2. The molecule has 0 aromatic carbocycles. The van der Waals surface area contributed by atoms with Gasteiger partial charge in [-0.2, -0.15) is 0 Å². The third-order valence-electron chi connectivity index (χ3n) is 13.2. The summed E-state index contributed by atoms with van der Waals surface area (Å²) in [7, 11) is 0. The van der Waals surface area contributed by atoms with Crippen LogP contribution in [0.3, 0.4) is 0 Å². The van der Waals surface area contributed by atoms with Gasteiger partial charge in [0, 0.05) is 19.3 Å². The minimum Gasteiger partial charge on any atom is -0.462 e. The number of hydrogen-bond acceptors (Lipinski definition) is 6. The molecule has 0 aliphatic heterocycles. The number of allylic oxidation sites excluding steroid dienone is 12. The zero-order valence-electron chi connectivity index (χ0n) is 47.0. The van der Waals surface area contributed by atoms with Crippen LogP contribution in [0.2, 0.25) is 0 Å². The second kappa shape index (κ2) is 59.4. The van der Waals surface area contributed by atoms with E-state index in [0.717, 1.165) is 89.9 Å². The van der Waals surface area contributed by atoms with Crippen molar-refractivity contribution in [3.8, 4) is 0 Å². The van der Waals surface area contributed by atoms with E-state index in [9.17, 15) is 14.4 Å². The number of esters is 3. The van der Waals surface area contributed by atoms with Crippen LogP contribution in [0.4, 0.5) is 0 Å². The SMILES string of the molecule is CCCCC/C=C\C/C=C\C/C=C\C/C=C\CCCCCC(=O)OC[C@H](COC(=O)CCCCCCCCCCCCCCCCC)OC(=O)CCCCCCCCCCC/C=C\C/C=C\CCCCC. The highest BCUT2D eigenvalue weighted by Crippen LogP contribution is 2.16. The smallest absolute Gasteiger partial charge is 0.306 e. The summed E-state index contributed by atoms with van der Waals surface area (Å²) in [6.07, 6.45) is 76.0. The van der Waals surface area contributed by atoms with E-state index in [-0.39, 0.29) is 31.1 Å². The monoisotopic (exact) mass is 991 g/mol. The molecule has 0 rings (SSSR count). The zero-order valence-corrected chi connectivity index (χ0v) is 47.0. The summed E-state index contributed by atoms with van der Waals surface area (Å²) in [5.41, 5.74) is 0. The second-order valence-corrected chi connectivity index (χ2v) is 20.3. The number of carbonyl (C=O) groups is 3. The molecule has 0 heterocycles. The Labute approximate surface area is 440 Å². The Bertz CT molecular complexity index is 1320. The van der Waals surface area contributed by atoms with Crippen LogP contribution in [-0.4, -0.2) is 37.2 Å². The molecule has 0 spiro atoms. The molecular weight excluding hydrogens is 877 g/mol. The van der Waals surface area contributed by atoms with E-state index >= 15 is 0 Å². The molecule has 0 bridgehead atoms. The van der Waals surface area contributed by atoms with Crippen molar-refractivity contribution in [2.75, 3.05) is 13.2 Å². The first kappa shape index (κ1) is 67.8. The molecule has 0 saturated heterocycles. The molecule has 0 N–H and O–H groups in total.